The van der Waals surface area contributed by atoms with Crippen molar-refractivity contribution in [3.8, 4) is 0 Å². The summed E-state index contributed by atoms with van der Waals surface area (Å²) in [6.45, 7) is 7.24. The topological polar surface area (TPSA) is 12.4 Å². The molecule has 1 aromatic rings. The summed E-state index contributed by atoms with van der Waals surface area (Å²) >= 11 is 0. The van der Waals surface area contributed by atoms with E-state index in [1.165, 1.54) is 11.1 Å². The van der Waals surface area contributed by atoms with E-state index in [-0.39, 0.29) is 0 Å². The van der Waals surface area contributed by atoms with Crippen molar-refractivity contribution in [2.24, 2.45) is 4.99 Å². The lowest BCUT2D eigenvalue weighted by Gasteiger charge is -2.00. The second-order valence-electron chi connectivity index (χ2n) is 3.33. The molecule has 0 N–H and O–H groups in total. The normalized spacial score (nSPS) is 11.8. The Morgan fingerprint density at radius 2 is 1.85 bits per heavy atom. The maximum Gasteiger partial charge on any atom is 0.0390 e. The van der Waals surface area contributed by atoms with Gasteiger partial charge in [-0.25, -0.2) is 0 Å². The standard InChI is InChI=1S/C12H17N/c1-4-9-13-11(3)12-7-5-10(2)6-8-12/h5-8H,4,9H2,1-3H3. The minimum atomic E-state index is 0.930. The molecule has 0 aliphatic rings. The first-order chi connectivity index (χ1) is 6.24. The SMILES string of the molecule is CCCN=C(C)c1ccc(C)cc1. The molecule has 0 radical (unpaired) electrons. The quantitative estimate of drug-likeness (QED) is 0.625. The van der Waals surface area contributed by atoms with E-state index >= 15 is 0 Å². The zero-order chi connectivity index (χ0) is 9.68. The molecule has 0 amide bonds. The van der Waals surface area contributed by atoms with E-state index in [9.17, 15) is 0 Å². The fourth-order valence-corrected chi connectivity index (χ4v) is 1.17. The molecule has 0 bridgehead atoms. The smallest absolute Gasteiger partial charge is 0.0390 e. The van der Waals surface area contributed by atoms with Crippen LogP contribution < -0.4 is 0 Å². The summed E-state index contributed by atoms with van der Waals surface area (Å²) in [5.41, 5.74) is 3.67. The third-order valence-corrected chi connectivity index (χ3v) is 2.04. The van der Waals surface area contributed by atoms with Crippen molar-refractivity contribution in [3.63, 3.8) is 0 Å². The third-order valence-electron chi connectivity index (χ3n) is 2.04. The van der Waals surface area contributed by atoms with Crippen molar-refractivity contribution in [1.29, 1.82) is 0 Å². The number of hydrogen-bond donors (Lipinski definition) is 0. The van der Waals surface area contributed by atoms with Crippen LogP contribution in [0, 0.1) is 6.92 Å². The van der Waals surface area contributed by atoms with Gasteiger partial charge in [-0.2, -0.15) is 0 Å². The first kappa shape index (κ1) is 9.97. The maximum absolute atomic E-state index is 4.46. The van der Waals surface area contributed by atoms with Crippen LogP contribution >= 0.6 is 0 Å². The van der Waals surface area contributed by atoms with Gasteiger partial charge in [0.15, 0.2) is 0 Å². The summed E-state index contributed by atoms with van der Waals surface area (Å²) in [5.74, 6) is 0. The number of aliphatic imine (C=N–C) groups is 1. The molecule has 1 aromatic carbocycles. The highest BCUT2D eigenvalue weighted by molar-refractivity contribution is 5.98. The zero-order valence-corrected chi connectivity index (χ0v) is 8.67. The largest absolute Gasteiger partial charge is 0.289 e. The minimum absolute atomic E-state index is 0.930. The summed E-state index contributed by atoms with van der Waals surface area (Å²) in [7, 11) is 0. The molecule has 0 saturated carbocycles. The summed E-state index contributed by atoms with van der Waals surface area (Å²) in [6, 6.07) is 8.51. The fourth-order valence-electron chi connectivity index (χ4n) is 1.17. The zero-order valence-electron chi connectivity index (χ0n) is 8.67. The Kier molecular flexibility index (Phi) is 3.69. The predicted molar refractivity (Wildman–Crippen MR) is 58.5 cm³/mol. The van der Waals surface area contributed by atoms with Crippen molar-refractivity contribution >= 4 is 5.71 Å². The molecule has 1 rings (SSSR count). The minimum Gasteiger partial charge on any atom is -0.289 e. The van der Waals surface area contributed by atoms with E-state index in [0.29, 0.717) is 0 Å². The molecule has 0 spiro atoms. The first-order valence-corrected chi connectivity index (χ1v) is 4.82. The fraction of sp³-hybridized carbons (Fsp3) is 0.417. The molecule has 0 aliphatic carbocycles. The van der Waals surface area contributed by atoms with Crippen LogP contribution in [-0.2, 0) is 0 Å². The number of rotatable bonds is 3. The maximum atomic E-state index is 4.46. The van der Waals surface area contributed by atoms with Crippen molar-refractivity contribution < 1.29 is 0 Å². The Balaban J connectivity index is 2.77. The third kappa shape index (κ3) is 3.02. The van der Waals surface area contributed by atoms with Crippen LogP contribution in [0.4, 0.5) is 0 Å². The summed E-state index contributed by atoms with van der Waals surface area (Å²) in [4.78, 5) is 4.46. The lowest BCUT2D eigenvalue weighted by atomic mass is 10.1. The second-order valence-corrected chi connectivity index (χ2v) is 3.33. The van der Waals surface area contributed by atoms with Gasteiger partial charge in [0.1, 0.15) is 0 Å². The van der Waals surface area contributed by atoms with Gasteiger partial charge in [-0.05, 0) is 25.8 Å². The van der Waals surface area contributed by atoms with E-state index in [1.54, 1.807) is 0 Å². The number of benzene rings is 1. The molecule has 0 aromatic heterocycles. The van der Waals surface area contributed by atoms with E-state index in [4.69, 9.17) is 0 Å². The van der Waals surface area contributed by atoms with Gasteiger partial charge in [0.05, 0.1) is 0 Å². The Bertz CT molecular complexity index is 282. The Labute approximate surface area is 80.5 Å². The van der Waals surface area contributed by atoms with Gasteiger partial charge in [-0.3, -0.25) is 4.99 Å². The first-order valence-electron chi connectivity index (χ1n) is 4.82. The van der Waals surface area contributed by atoms with Crippen LogP contribution in [0.15, 0.2) is 29.3 Å². The second kappa shape index (κ2) is 4.80. The van der Waals surface area contributed by atoms with Crippen molar-refractivity contribution in [3.05, 3.63) is 35.4 Å². The lowest BCUT2D eigenvalue weighted by Crippen LogP contribution is -1.95. The highest BCUT2D eigenvalue weighted by Gasteiger charge is 1.94. The van der Waals surface area contributed by atoms with Gasteiger partial charge < -0.3 is 0 Å². The van der Waals surface area contributed by atoms with E-state index < -0.39 is 0 Å². The molecule has 1 heteroatoms. The molecule has 0 fully saturated rings. The van der Waals surface area contributed by atoms with Gasteiger partial charge in [0.2, 0.25) is 0 Å². The van der Waals surface area contributed by atoms with Gasteiger partial charge in [-0.15, -0.1) is 0 Å². The monoisotopic (exact) mass is 175 g/mol. The summed E-state index contributed by atoms with van der Waals surface area (Å²) in [6.07, 6.45) is 1.11. The highest BCUT2D eigenvalue weighted by Crippen LogP contribution is 2.04. The summed E-state index contributed by atoms with van der Waals surface area (Å²) in [5, 5.41) is 0. The molecule has 13 heavy (non-hydrogen) atoms. The van der Waals surface area contributed by atoms with Crippen molar-refractivity contribution in [2.75, 3.05) is 6.54 Å². The predicted octanol–water partition coefficient (Wildman–Crippen LogP) is 3.21. The molecule has 0 atom stereocenters. The number of hydrogen-bond acceptors (Lipinski definition) is 1. The molecule has 1 nitrogen and oxygen atoms in total. The van der Waals surface area contributed by atoms with E-state index in [0.717, 1.165) is 18.7 Å². The molecule has 0 aliphatic heterocycles. The van der Waals surface area contributed by atoms with Crippen LogP contribution in [0.1, 0.15) is 31.4 Å². The van der Waals surface area contributed by atoms with Gasteiger partial charge in [-0.1, -0.05) is 36.8 Å². The van der Waals surface area contributed by atoms with Crippen molar-refractivity contribution in [2.45, 2.75) is 27.2 Å². The van der Waals surface area contributed by atoms with Crippen LogP contribution in [0.5, 0.6) is 0 Å². The Morgan fingerprint density at radius 3 is 2.38 bits per heavy atom. The molecular weight excluding hydrogens is 158 g/mol. The Hall–Kier alpha value is -1.11. The lowest BCUT2D eigenvalue weighted by molar-refractivity contribution is 0.931. The molecule has 0 heterocycles. The highest BCUT2D eigenvalue weighted by atomic mass is 14.7. The summed E-state index contributed by atoms with van der Waals surface area (Å²) < 4.78 is 0. The Morgan fingerprint density at radius 1 is 1.23 bits per heavy atom. The van der Waals surface area contributed by atoms with Crippen LogP contribution in [0.25, 0.3) is 0 Å². The molecular formula is C12H17N. The average Bonchev–Trinajstić information content (AvgIpc) is 2.15. The van der Waals surface area contributed by atoms with Gasteiger partial charge in [0.25, 0.3) is 0 Å². The number of aryl methyl sites for hydroxylation is 1. The van der Waals surface area contributed by atoms with Crippen LogP contribution in [0.2, 0.25) is 0 Å². The van der Waals surface area contributed by atoms with Crippen molar-refractivity contribution in [1.82, 2.24) is 0 Å². The number of nitrogens with zero attached hydrogens (tertiary/aromatic N) is 1. The van der Waals surface area contributed by atoms with Crippen LogP contribution in [0.3, 0.4) is 0 Å². The van der Waals surface area contributed by atoms with Gasteiger partial charge in [0, 0.05) is 12.3 Å². The van der Waals surface area contributed by atoms with E-state index in [2.05, 4.69) is 50.0 Å². The van der Waals surface area contributed by atoms with Gasteiger partial charge >= 0.3 is 0 Å². The average molecular weight is 175 g/mol. The molecule has 0 unspecified atom stereocenters. The molecule has 0 saturated heterocycles. The van der Waals surface area contributed by atoms with Crippen LogP contribution in [-0.4, -0.2) is 12.3 Å². The van der Waals surface area contributed by atoms with E-state index in [1.807, 2.05) is 0 Å². The molecule has 70 valence electrons.